The molecule has 0 aliphatic rings. The van der Waals surface area contributed by atoms with Gasteiger partial charge in [0.15, 0.2) is 0 Å². The minimum Gasteiger partial charge on any atom is -0.511 e. The van der Waals surface area contributed by atoms with Crippen LogP contribution >= 0.6 is 8.73 Å². The Morgan fingerprint density at radius 2 is 1.81 bits per heavy atom. The van der Waals surface area contributed by atoms with Gasteiger partial charge in [0.1, 0.15) is 5.76 Å². The molecule has 0 heterocycles. The van der Waals surface area contributed by atoms with E-state index in [1.165, 1.54) is 14.2 Å². The molecule has 0 saturated heterocycles. The molecule has 16 heavy (non-hydrogen) atoms. The third kappa shape index (κ3) is 10.8. The Labute approximate surface area is 125 Å². The molecule has 0 rings (SSSR count). The van der Waals surface area contributed by atoms with E-state index < -0.39 is 0 Å². The standard InChI is InChI=1S/C7H15N2O3P.C2H6.Y/c1-5(6(2)10)8-13-7(11)9(3)12-4;1-2;/h8,10,13H,1-4H3;1-2H3;/b6-5-;;. The summed E-state index contributed by atoms with van der Waals surface area (Å²) in [6.45, 7) is 7.25. The van der Waals surface area contributed by atoms with Crippen molar-refractivity contribution < 1.29 is 47.4 Å². The van der Waals surface area contributed by atoms with Crippen LogP contribution in [-0.4, -0.2) is 30.0 Å². The van der Waals surface area contributed by atoms with Crippen molar-refractivity contribution in [3.63, 3.8) is 0 Å². The van der Waals surface area contributed by atoms with Gasteiger partial charge in [0.2, 0.25) is 0 Å². The van der Waals surface area contributed by atoms with E-state index in [2.05, 4.69) is 9.92 Å². The van der Waals surface area contributed by atoms with Gasteiger partial charge in [-0.25, -0.2) is 5.06 Å². The van der Waals surface area contributed by atoms with E-state index in [9.17, 15) is 4.79 Å². The summed E-state index contributed by atoms with van der Waals surface area (Å²) in [5.41, 5.74) is 0.416. The number of amides is 1. The number of rotatable bonds is 4. The summed E-state index contributed by atoms with van der Waals surface area (Å²) in [7, 11) is 2.81. The summed E-state index contributed by atoms with van der Waals surface area (Å²) in [5, 5.41) is 12.9. The van der Waals surface area contributed by atoms with Crippen LogP contribution in [0.5, 0.6) is 0 Å². The number of nitrogens with zero attached hydrogens (tertiary/aromatic N) is 1. The van der Waals surface area contributed by atoms with Crippen LogP contribution < -0.4 is 5.09 Å². The number of allylic oxidation sites excluding steroid dienone is 2. The monoisotopic (exact) mass is 325 g/mol. The topological polar surface area (TPSA) is 61.8 Å². The fraction of sp³-hybridized carbons (Fsp3) is 0.667. The van der Waals surface area contributed by atoms with Gasteiger partial charge in [0.05, 0.1) is 15.8 Å². The molecule has 0 bridgehead atoms. The molecule has 0 aromatic carbocycles. The van der Waals surface area contributed by atoms with Crippen molar-refractivity contribution >= 4 is 14.4 Å². The van der Waals surface area contributed by atoms with Crippen LogP contribution in [0.25, 0.3) is 0 Å². The molecular weight excluding hydrogens is 304 g/mol. The molecule has 0 fully saturated rings. The van der Waals surface area contributed by atoms with Crippen molar-refractivity contribution in [1.29, 1.82) is 0 Å². The first-order chi connectivity index (χ1) is 6.99. The van der Waals surface area contributed by atoms with Gasteiger partial charge in [-0.05, 0) is 13.8 Å². The van der Waals surface area contributed by atoms with Crippen LogP contribution in [-0.2, 0) is 37.5 Å². The number of carbonyl (C=O) groups is 1. The van der Waals surface area contributed by atoms with Crippen molar-refractivity contribution in [2.24, 2.45) is 0 Å². The van der Waals surface area contributed by atoms with Gasteiger partial charge in [-0.2, -0.15) is 0 Å². The average molecular weight is 325 g/mol. The van der Waals surface area contributed by atoms with Gasteiger partial charge in [-0.15, -0.1) is 0 Å². The SMILES string of the molecule is CC.CON(C)C(=O)PN/C(C)=C(/C)O.[Y]. The van der Waals surface area contributed by atoms with E-state index in [0.717, 1.165) is 5.06 Å². The molecule has 1 atom stereocenters. The first-order valence-electron chi connectivity index (χ1n) is 4.69. The van der Waals surface area contributed by atoms with Gasteiger partial charge in [0.25, 0.3) is 5.65 Å². The minimum atomic E-state index is -0.178. The van der Waals surface area contributed by atoms with Gasteiger partial charge >= 0.3 is 0 Å². The Hall–Kier alpha value is 0.304. The van der Waals surface area contributed by atoms with Crippen LogP contribution in [0.2, 0.25) is 0 Å². The Morgan fingerprint density at radius 3 is 2.12 bits per heavy atom. The molecule has 1 radical (unpaired) electrons. The predicted octanol–water partition coefficient (Wildman–Crippen LogP) is 2.62. The van der Waals surface area contributed by atoms with Crippen LogP contribution in [0.15, 0.2) is 11.5 Å². The van der Waals surface area contributed by atoms with E-state index in [0.29, 0.717) is 5.70 Å². The zero-order chi connectivity index (χ0) is 12.4. The molecule has 0 aromatic rings. The van der Waals surface area contributed by atoms with Gasteiger partial charge in [0, 0.05) is 45.5 Å². The summed E-state index contributed by atoms with van der Waals surface area (Å²) in [4.78, 5) is 15.8. The number of aliphatic hydroxyl groups is 1. The molecular formula is C9H21N2O3PY. The van der Waals surface area contributed by atoms with Crippen molar-refractivity contribution in [1.82, 2.24) is 10.2 Å². The molecule has 1 amide bonds. The fourth-order valence-corrected chi connectivity index (χ4v) is 1.12. The Balaban J connectivity index is -0.000000529. The van der Waals surface area contributed by atoms with E-state index in [1.807, 2.05) is 13.8 Å². The molecule has 1 unspecified atom stereocenters. The maximum Gasteiger partial charge on any atom is 0.284 e. The molecule has 0 aliphatic carbocycles. The van der Waals surface area contributed by atoms with E-state index in [1.54, 1.807) is 13.8 Å². The fourth-order valence-electron chi connectivity index (χ4n) is 0.399. The predicted molar refractivity (Wildman–Crippen MR) is 64.0 cm³/mol. The summed E-state index contributed by atoms with van der Waals surface area (Å²) in [6, 6.07) is 0. The van der Waals surface area contributed by atoms with E-state index >= 15 is 0 Å². The van der Waals surface area contributed by atoms with Crippen LogP contribution in [0, 0.1) is 0 Å². The molecule has 2 N–H and O–H groups in total. The largest absolute Gasteiger partial charge is 0.511 e. The van der Waals surface area contributed by atoms with Crippen LogP contribution in [0.3, 0.4) is 0 Å². The van der Waals surface area contributed by atoms with Crippen LogP contribution in [0.1, 0.15) is 27.7 Å². The average Bonchev–Trinajstić information content (AvgIpc) is 2.26. The Bertz CT molecular complexity index is 221. The molecule has 5 nitrogen and oxygen atoms in total. The second-order valence-electron chi connectivity index (χ2n) is 2.45. The van der Waals surface area contributed by atoms with Gasteiger partial charge in [-0.1, -0.05) is 13.8 Å². The first-order valence-corrected chi connectivity index (χ1v) is 5.69. The quantitative estimate of drug-likeness (QED) is 0.474. The van der Waals surface area contributed by atoms with Crippen molar-refractivity contribution in [2.75, 3.05) is 14.2 Å². The maximum absolute atomic E-state index is 11.1. The van der Waals surface area contributed by atoms with Gasteiger partial charge < -0.3 is 10.2 Å². The Morgan fingerprint density at radius 1 is 1.38 bits per heavy atom. The summed E-state index contributed by atoms with van der Waals surface area (Å²) in [5.74, 6) is 0.181. The molecule has 0 spiro atoms. The molecule has 0 aromatic heterocycles. The smallest absolute Gasteiger partial charge is 0.284 e. The van der Waals surface area contributed by atoms with Gasteiger partial charge in [-0.3, -0.25) is 9.63 Å². The summed E-state index contributed by atoms with van der Waals surface area (Å²) >= 11 is 0. The third-order valence-electron chi connectivity index (χ3n) is 1.46. The number of hydrogen-bond donors (Lipinski definition) is 2. The number of carbonyl (C=O) groups excluding carboxylic acids is 1. The number of hydroxylamine groups is 2. The number of aliphatic hydroxyl groups excluding tert-OH is 1. The summed E-state index contributed by atoms with van der Waals surface area (Å²) < 4.78 is 0. The van der Waals surface area contributed by atoms with Crippen LogP contribution in [0.4, 0.5) is 4.79 Å². The zero-order valence-corrected chi connectivity index (χ0v) is 14.6. The number of nitrogens with one attached hydrogen (secondary N) is 1. The van der Waals surface area contributed by atoms with Crippen molar-refractivity contribution in [3.8, 4) is 0 Å². The second-order valence-corrected chi connectivity index (χ2v) is 3.37. The third-order valence-corrected chi connectivity index (χ3v) is 2.49. The second kappa shape index (κ2) is 13.4. The van der Waals surface area contributed by atoms with E-state index in [4.69, 9.17) is 5.11 Å². The summed E-state index contributed by atoms with van der Waals surface area (Å²) in [6.07, 6.45) is 0. The maximum atomic E-state index is 11.1. The van der Waals surface area contributed by atoms with E-state index in [-0.39, 0.29) is 52.8 Å². The van der Waals surface area contributed by atoms with Crippen molar-refractivity contribution in [2.45, 2.75) is 27.7 Å². The molecule has 93 valence electrons. The zero-order valence-electron chi connectivity index (χ0n) is 10.8. The Kier molecular flexibility index (Phi) is 18.0. The molecule has 0 saturated carbocycles. The minimum absolute atomic E-state index is 0. The first kappa shape index (κ1) is 21.6. The normalized spacial score (nSPS) is 10.9. The number of hydrogen-bond acceptors (Lipinski definition) is 4. The molecule has 0 aliphatic heterocycles. The molecule has 7 heteroatoms. The van der Waals surface area contributed by atoms with Crippen molar-refractivity contribution in [3.05, 3.63) is 11.5 Å².